The topological polar surface area (TPSA) is 72.9 Å². The minimum absolute atomic E-state index is 0.0325. The molecule has 0 amide bonds. The van der Waals surface area contributed by atoms with Crippen molar-refractivity contribution in [2.24, 2.45) is 23.1 Å². The number of hydrazine groups is 1. The molecule has 5 heteroatoms. The number of nitrogens with zero attached hydrogens (tertiary/aromatic N) is 2. The quantitative estimate of drug-likeness (QED) is 0.0569. The van der Waals surface area contributed by atoms with Gasteiger partial charge in [-0.2, -0.15) is 0 Å². The van der Waals surface area contributed by atoms with E-state index in [0.717, 1.165) is 57.3 Å². The average Bonchev–Trinajstić information content (AvgIpc) is 3.35. The van der Waals surface area contributed by atoms with Gasteiger partial charge >= 0.3 is 0 Å². The number of Topliss-reactive ketones (excluding diaryl/α,β-unsaturated/α-hetero) is 1. The molecule has 0 saturated heterocycles. The molecule has 0 radical (unpaired) electrons. The Morgan fingerprint density at radius 2 is 1.80 bits per heavy atom. The number of rotatable bonds is 16. The lowest BCUT2D eigenvalue weighted by atomic mass is 9.80. The SMILES string of the molecule is C#CCCC(C)(C)Cc1c(-c2cccnc2C(C)C)n(CC)c2ccc(-c3cccc(CC(C)C(=O)C(C)CCCNN)c3)cc12. The Bertz CT molecular complexity index is 1670. The summed E-state index contributed by atoms with van der Waals surface area (Å²) < 4.78 is 2.48. The molecule has 0 spiro atoms. The van der Waals surface area contributed by atoms with Crippen molar-refractivity contribution in [3.8, 4) is 34.7 Å². The van der Waals surface area contributed by atoms with Crippen molar-refractivity contribution in [2.75, 3.05) is 6.54 Å². The van der Waals surface area contributed by atoms with E-state index in [2.05, 4.69) is 112 Å². The summed E-state index contributed by atoms with van der Waals surface area (Å²) in [6, 6.07) is 19.9. The number of fused-ring (bicyclic) bond motifs is 1. The smallest absolute Gasteiger partial charge is 0.138 e. The molecule has 2 aromatic heterocycles. The van der Waals surface area contributed by atoms with Gasteiger partial charge in [-0.25, -0.2) is 0 Å². The molecule has 46 heavy (non-hydrogen) atoms. The summed E-state index contributed by atoms with van der Waals surface area (Å²) in [5.74, 6) is 8.90. The number of terminal acetylenes is 1. The molecule has 0 aliphatic carbocycles. The molecule has 2 atom stereocenters. The first-order valence-corrected chi connectivity index (χ1v) is 17.1. The maximum Gasteiger partial charge on any atom is 0.138 e. The first kappa shape index (κ1) is 35.1. The molecule has 2 aromatic carbocycles. The van der Waals surface area contributed by atoms with Crippen molar-refractivity contribution in [3.05, 3.63) is 77.6 Å². The van der Waals surface area contributed by atoms with Gasteiger partial charge in [0.1, 0.15) is 5.78 Å². The number of carbonyl (C=O) groups is 1. The molecule has 0 bridgehead atoms. The maximum absolute atomic E-state index is 13.1. The summed E-state index contributed by atoms with van der Waals surface area (Å²) in [5, 5.41) is 1.29. The van der Waals surface area contributed by atoms with Gasteiger partial charge in [-0.15, -0.1) is 12.3 Å². The third-order valence-corrected chi connectivity index (χ3v) is 9.46. The lowest BCUT2D eigenvalue weighted by Gasteiger charge is -2.25. The lowest BCUT2D eigenvalue weighted by Crippen LogP contribution is -2.25. The largest absolute Gasteiger partial charge is 0.340 e. The summed E-state index contributed by atoms with van der Waals surface area (Å²) in [5.41, 5.74) is 12.5. The van der Waals surface area contributed by atoms with Crippen LogP contribution in [-0.2, 0) is 24.2 Å². The van der Waals surface area contributed by atoms with E-state index >= 15 is 0 Å². The minimum atomic E-state index is -0.0359. The zero-order valence-corrected chi connectivity index (χ0v) is 29.1. The molecule has 4 aromatic rings. The van der Waals surface area contributed by atoms with Crippen molar-refractivity contribution < 1.29 is 4.79 Å². The molecule has 5 nitrogen and oxygen atoms in total. The van der Waals surface area contributed by atoms with Crippen molar-refractivity contribution in [1.82, 2.24) is 15.0 Å². The first-order chi connectivity index (χ1) is 22.0. The molecule has 4 rings (SSSR count). The third-order valence-electron chi connectivity index (χ3n) is 9.46. The van der Waals surface area contributed by atoms with E-state index in [0.29, 0.717) is 11.7 Å². The van der Waals surface area contributed by atoms with Gasteiger partial charge in [0.05, 0.1) is 11.4 Å². The Kier molecular flexibility index (Phi) is 12.0. The molecule has 2 heterocycles. The number of hydrogen-bond acceptors (Lipinski definition) is 4. The fraction of sp³-hybridized carbons (Fsp3) is 0.463. The molecular formula is C41H54N4O. The van der Waals surface area contributed by atoms with Crippen LogP contribution in [0.4, 0.5) is 0 Å². The Balaban J connectivity index is 1.78. The summed E-state index contributed by atoms with van der Waals surface area (Å²) in [6.07, 6.45) is 12.8. The summed E-state index contributed by atoms with van der Waals surface area (Å²) in [7, 11) is 0. The number of hydrogen-bond donors (Lipinski definition) is 2. The predicted molar refractivity (Wildman–Crippen MR) is 194 cm³/mol. The zero-order chi connectivity index (χ0) is 33.4. The van der Waals surface area contributed by atoms with E-state index in [4.69, 9.17) is 17.2 Å². The number of benzene rings is 2. The molecule has 0 aliphatic heterocycles. The van der Waals surface area contributed by atoms with Crippen LogP contribution in [0.2, 0.25) is 0 Å². The first-order valence-electron chi connectivity index (χ1n) is 17.1. The number of pyridine rings is 1. The summed E-state index contributed by atoms with van der Waals surface area (Å²) in [6.45, 7) is 17.0. The predicted octanol–water partition coefficient (Wildman–Crippen LogP) is 9.12. The molecule has 3 N–H and O–H groups in total. The Labute approximate surface area is 277 Å². The Morgan fingerprint density at radius 3 is 2.50 bits per heavy atom. The van der Waals surface area contributed by atoms with Crippen LogP contribution in [0.5, 0.6) is 0 Å². The van der Waals surface area contributed by atoms with Gasteiger partial charge in [-0.3, -0.25) is 21.0 Å². The average molecular weight is 619 g/mol. The number of aryl methyl sites for hydroxylation is 1. The van der Waals surface area contributed by atoms with Gasteiger partial charge in [0.15, 0.2) is 0 Å². The molecule has 244 valence electrons. The highest BCUT2D eigenvalue weighted by Crippen LogP contribution is 2.42. The van der Waals surface area contributed by atoms with Crippen LogP contribution >= 0.6 is 0 Å². The van der Waals surface area contributed by atoms with Crippen molar-refractivity contribution in [2.45, 2.75) is 99.5 Å². The minimum Gasteiger partial charge on any atom is -0.340 e. The number of carbonyl (C=O) groups excluding carboxylic acids is 1. The fourth-order valence-electron chi connectivity index (χ4n) is 6.94. The van der Waals surface area contributed by atoms with E-state index < -0.39 is 0 Å². The standard InChI is InChI=1S/C41H54N4O/c1-9-11-21-41(7,8)27-36-35-26-33(19-20-37(35)45(10-2)39(36)34-18-14-22-43-38(34)28(3)4)32-17-12-16-31(25-32)24-30(6)40(46)29(5)15-13-23-44-42/h1,12,14,16-20,22,25-26,28-30,44H,10-11,13,15,21,23-24,27,42H2,2-8H3. The highest BCUT2D eigenvalue weighted by molar-refractivity contribution is 5.95. The second kappa shape index (κ2) is 15.7. The van der Waals surface area contributed by atoms with Crippen LogP contribution in [0.3, 0.4) is 0 Å². The van der Waals surface area contributed by atoms with Gasteiger partial charge < -0.3 is 4.57 Å². The number of ketones is 1. The Hall–Kier alpha value is -3.72. The Morgan fingerprint density at radius 1 is 1.04 bits per heavy atom. The van der Waals surface area contributed by atoms with E-state index in [9.17, 15) is 4.79 Å². The van der Waals surface area contributed by atoms with Crippen LogP contribution in [0.25, 0.3) is 33.3 Å². The van der Waals surface area contributed by atoms with Crippen molar-refractivity contribution in [3.63, 3.8) is 0 Å². The normalized spacial score (nSPS) is 13.2. The van der Waals surface area contributed by atoms with E-state index in [-0.39, 0.29) is 17.3 Å². The number of nitrogens with one attached hydrogen (secondary N) is 1. The van der Waals surface area contributed by atoms with Gasteiger partial charge in [-0.05, 0) is 96.9 Å². The van der Waals surface area contributed by atoms with Crippen LogP contribution < -0.4 is 11.3 Å². The molecule has 0 saturated carbocycles. The van der Waals surface area contributed by atoms with Gasteiger partial charge in [0.2, 0.25) is 0 Å². The van der Waals surface area contributed by atoms with Gasteiger partial charge in [-0.1, -0.05) is 71.9 Å². The van der Waals surface area contributed by atoms with Crippen LogP contribution in [-0.4, -0.2) is 21.9 Å². The van der Waals surface area contributed by atoms with Gasteiger partial charge in [0, 0.05) is 54.0 Å². The second-order valence-corrected chi connectivity index (χ2v) is 14.1. The zero-order valence-electron chi connectivity index (χ0n) is 29.1. The second-order valence-electron chi connectivity index (χ2n) is 14.1. The van der Waals surface area contributed by atoms with Crippen molar-refractivity contribution in [1.29, 1.82) is 0 Å². The molecule has 0 aliphatic rings. The summed E-state index contributed by atoms with van der Waals surface area (Å²) in [4.78, 5) is 18.0. The lowest BCUT2D eigenvalue weighted by molar-refractivity contribution is -0.126. The number of aromatic nitrogens is 2. The maximum atomic E-state index is 13.1. The highest BCUT2D eigenvalue weighted by Gasteiger charge is 2.27. The van der Waals surface area contributed by atoms with Crippen LogP contribution in [0.15, 0.2) is 60.8 Å². The number of nitrogens with two attached hydrogens (primary N) is 1. The van der Waals surface area contributed by atoms with Gasteiger partial charge in [0.25, 0.3) is 0 Å². The van der Waals surface area contributed by atoms with E-state index in [1.54, 1.807) is 0 Å². The molecule has 2 unspecified atom stereocenters. The summed E-state index contributed by atoms with van der Waals surface area (Å²) >= 11 is 0. The fourth-order valence-corrected chi connectivity index (χ4v) is 6.94. The molecular weight excluding hydrogens is 564 g/mol. The van der Waals surface area contributed by atoms with E-state index in [1.165, 1.54) is 44.4 Å². The monoisotopic (exact) mass is 618 g/mol. The highest BCUT2D eigenvalue weighted by atomic mass is 16.1. The van der Waals surface area contributed by atoms with E-state index in [1.807, 2.05) is 13.1 Å². The van der Waals surface area contributed by atoms with Crippen LogP contribution in [0.1, 0.15) is 96.9 Å². The van der Waals surface area contributed by atoms with Crippen LogP contribution in [0, 0.1) is 29.6 Å². The third kappa shape index (κ3) is 8.16. The molecule has 0 fully saturated rings. The van der Waals surface area contributed by atoms with Crippen molar-refractivity contribution >= 4 is 16.7 Å².